The molecule has 0 aliphatic carbocycles. The Balaban J connectivity index is 1.72. The third-order valence-electron chi connectivity index (χ3n) is 3.36. The van der Waals surface area contributed by atoms with Gasteiger partial charge in [-0.15, -0.1) is 10.2 Å². The van der Waals surface area contributed by atoms with Crippen LogP contribution in [0.2, 0.25) is 0 Å². The third kappa shape index (κ3) is 4.32. The Morgan fingerprint density at radius 3 is 2.48 bits per heavy atom. The molecule has 0 fully saturated rings. The molecule has 0 aliphatic heterocycles. The predicted octanol–water partition coefficient (Wildman–Crippen LogP) is 5.81. The number of hydrogen-bond donors (Lipinski definition) is 1. The van der Waals surface area contributed by atoms with Gasteiger partial charge in [0, 0.05) is 4.90 Å². The highest BCUT2D eigenvalue weighted by Crippen LogP contribution is 2.31. The molecule has 0 spiro atoms. The molecule has 1 N–H and O–H groups in total. The van der Waals surface area contributed by atoms with Crippen LogP contribution in [0.1, 0.15) is 20.9 Å². The zero-order valence-electron chi connectivity index (χ0n) is 13.6. The highest BCUT2D eigenvalue weighted by Gasteiger charge is 2.13. The molecule has 0 unspecified atom stereocenters. The normalized spacial score (nSPS) is 11.1. The second kappa shape index (κ2) is 7.58. The number of phenolic OH excluding ortho intramolecular Hbond substituents is 1. The lowest BCUT2D eigenvalue weighted by Crippen LogP contribution is -1.90. The molecule has 126 valence electrons. The molecule has 0 radical (unpaired) electrons. The van der Waals surface area contributed by atoms with Gasteiger partial charge in [0.25, 0.3) is 5.12 Å². The summed E-state index contributed by atoms with van der Waals surface area (Å²) in [6.07, 6.45) is 1.53. The Labute approximate surface area is 153 Å². The summed E-state index contributed by atoms with van der Waals surface area (Å²) in [7, 11) is 0. The summed E-state index contributed by atoms with van der Waals surface area (Å²) in [6.45, 7) is 3.62. The van der Waals surface area contributed by atoms with Crippen LogP contribution >= 0.6 is 23.1 Å². The van der Waals surface area contributed by atoms with Crippen LogP contribution in [-0.4, -0.2) is 15.2 Å². The molecule has 0 atom stereocenters. The lowest BCUT2D eigenvalue weighted by atomic mass is 10.1. The number of aromatic hydroxyl groups is 1. The van der Waals surface area contributed by atoms with Crippen molar-refractivity contribution >= 4 is 38.9 Å². The number of carbonyl (C=O) groups excluding carboxylic acids is 1. The third-order valence-corrected chi connectivity index (χ3v) is 5.26. The predicted molar refractivity (Wildman–Crippen MR) is 101 cm³/mol. The van der Waals surface area contributed by atoms with Gasteiger partial charge in [-0.05, 0) is 61.0 Å². The number of thioether (sulfide) groups is 1. The summed E-state index contributed by atoms with van der Waals surface area (Å²) < 4.78 is 0. The van der Waals surface area contributed by atoms with E-state index >= 15 is 0 Å². The van der Waals surface area contributed by atoms with Gasteiger partial charge in [-0.2, -0.15) is 0 Å². The van der Waals surface area contributed by atoms with E-state index in [1.807, 2.05) is 44.2 Å². The molecule has 2 aromatic carbocycles. The van der Waals surface area contributed by atoms with Crippen molar-refractivity contribution in [3.63, 3.8) is 0 Å². The van der Waals surface area contributed by atoms with Crippen LogP contribution in [0, 0.1) is 13.8 Å². The number of thiazole rings is 1. The molecule has 0 aliphatic rings. The number of nitrogens with zero attached hydrogens (tertiary/aromatic N) is 3. The standard InChI is InChI=1S/C18H15N3O2S2/c1-11-8-13(9-12(2)16(11)22)20-21-15-10-19-17(25-15)18(23)24-14-6-4-3-5-7-14/h3-10,22H,1-2H3/b21-20+. The first-order valence-corrected chi connectivity index (χ1v) is 9.11. The summed E-state index contributed by atoms with van der Waals surface area (Å²) in [4.78, 5) is 17.2. The maximum Gasteiger partial charge on any atom is 0.252 e. The van der Waals surface area contributed by atoms with E-state index in [2.05, 4.69) is 15.2 Å². The fraction of sp³-hybridized carbons (Fsp3) is 0.111. The summed E-state index contributed by atoms with van der Waals surface area (Å²) in [6, 6.07) is 13.0. The number of aryl methyl sites for hydroxylation is 2. The van der Waals surface area contributed by atoms with Crippen molar-refractivity contribution < 1.29 is 9.90 Å². The van der Waals surface area contributed by atoms with E-state index in [0.29, 0.717) is 15.7 Å². The molecular weight excluding hydrogens is 354 g/mol. The molecule has 5 nitrogen and oxygen atoms in total. The minimum absolute atomic E-state index is 0.117. The van der Waals surface area contributed by atoms with Crippen molar-refractivity contribution in [3.8, 4) is 5.75 Å². The van der Waals surface area contributed by atoms with Crippen molar-refractivity contribution in [3.05, 3.63) is 64.8 Å². The van der Waals surface area contributed by atoms with Crippen molar-refractivity contribution in [2.24, 2.45) is 10.2 Å². The van der Waals surface area contributed by atoms with E-state index in [0.717, 1.165) is 27.8 Å². The Morgan fingerprint density at radius 1 is 1.12 bits per heavy atom. The second-order valence-corrected chi connectivity index (χ2v) is 7.39. The lowest BCUT2D eigenvalue weighted by Gasteiger charge is -2.03. The molecule has 7 heteroatoms. The van der Waals surface area contributed by atoms with Crippen LogP contribution in [0.5, 0.6) is 5.75 Å². The molecule has 3 aromatic rings. The summed E-state index contributed by atoms with van der Waals surface area (Å²) >= 11 is 2.34. The molecule has 1 heterocycles. The summed E-state index contributed by atoms with van der Waals surface area (Å²) in [5, 5.41) is 18.9. The van der Waals surface area contributed by atoms with E-state index in [9.17, 15) is 9.90 Å². The van der Waals surface area contributed by atoms with Gasteiger partial charge in [-0.3, -0.25) is 4.79 Å². The van der Waals surface area contributed by atoms with Gasteiger partial charge in [0.15, 0.2) is 10.0 Å². The van der Waals surface area contributed by atoms with Crippen molar-refractivity contribution in [1.29, 1.82) is 0 Å². The van der Waals surface area contributed by atoms with Gasteiger partial charge < -0.3 is 5.11 Å². The van der Waals surface area contributed by atoms with Crippen LogP contribution < -0.4 is 0 Å². The van der Waals surface area contributed by atoms with Crippen LogP contribution in [0.3, 0.4) is 0 Å². The van der Waals surface area contributed by atoms with E-state index in [1.54, 1.807) is 12.1 Å². The SMILES string of the molecule is Cc1cc(/N=N/c2cnc(C(=O)Sc3ccccc3)s2)cc(C)c1O. The number of benzene rings is 2. The van der Waals surface area contributed by atoms with Gasteiger partial charge >= 0.3 is 0 Å². The minimum atomic E-state index is -0.117. The zero-order valence-corrected chi connectivity index (χ0v) is 15.3. The van der Waals surface area contributed by atoms with E-state index in [4.69, 9.17) is 0 Å². The highest BCUT2D eigenvalue weighted by atomic mass is 32.2. The van der Waals surface area contributed by atoms with Crippen LogP contribution in [-0.2, 0) is 0 Å². The lowest BCUT2D eigenvalue weighted by molar-refractivity contribution is 0.108. The van der Waals surface area contributed by atoms with E-state index < -0.39 is 0 Å². The average Bonchev–Trinajstić information content (AvgIpc) is 3.08. The van der Waals surface area contributed by atoms with Gasteiger partial charge in [0.1, 0.15) is 5.75 Å². The molecule has 0 saturated carbocycles. The summed E-state index contributed by atoms with van der Waals surface area (Å²) in [5.74, 6) is 0.266. The number of aromatic nitrogens is 1. The molecule has 0 saturated heterocycles. The van der Waals surface area contributed by atoms with Gasteiger partial charge in [0.2, 0.25) is 0 Å². The Hall–Kier alpha value is -2.51. The first-order chi connectivity index (χ1) is 12.0. The Bertz CT molecular complexity index is 913. The largest absolute Gasteiger partial charge is 0.507 e. The molecule has 0 amide bonds. The smallest absolute Gasteiger partial charge is 0.252 e. The van der Waals surface area contributed by atoms with E-state index in [-0.39, 0.29) is 10.9 Å². The number of phenols is 1. The average molecular weight is 369 g/mol. The maximum atomic E-state index is 12.2. The molecular formula is C18H15N3O2S2. The van der Waals surface area contributed by atoms with Gasteiger partial charge in [0.05, 0.1) is 11.9 Å². The van der Waals surface area contributed by atoms with Crippen molar-refractivity contribution in [1.82, 2.24) is 4.98 Å². The minimum Gasteiger partial charge on any atom is -0.507 e. The van der Waals surface area contributed by atoms with Crippen molar-refractivity contribution in [2.45, 2.75) is 18.7 Å². The maximum absolute atomic E-state index is 12.2. The van der Waals surface area contributed by atoms with Crippen LogP contribution in [0.15, 0.2) is 63.8 Å². The fourth-order valence-corrected chi connectivity index (χ4v) is 3.61. The number of azo groups is 1. The number of carbonyl (C=O) groups is 1. The zero-order chi connectivity index (χ0) is 17.8. The number of rotatable bonds is 4. The molecule has 0 bridgehead atoms. The van der Waals surface area contributed by atoms with Gasteiger partial charge in [-0.25, -0.2) is 4.98 Å². The summed E-state index contributed by atoms with van der Waals surface area (Å²) in [5.41, 5.74) is 2.13. The van der Waals surface area contributed by atoms with E-state index in [1.165, 1.54) is 17.5 Å². The van der Waals surface area contributed by atoms with Gasteiger partial charge in [-0.1, -0.05) is 29.5 Å². The molecule has 3 rings (SSSR count). The Morgan fingerprint density at radius 2 is 1.80 bits per heavy atom. The van der Waals surface area contributed by atoms with Crippen LogP contribution in [0.4, 0.5) is 10.7 Å². The topological polar surface area (TPSA) is 74.9 Å². The first-order valence-electron chi connectivity index (χ1n) is 7.48. The Kier molecular flexibility index (Phi) is 5.25. The molecule has 25 heavy (non-hydrogen) atoms. The first kappa shape index (κ1) is 17.3. The van der Waals surface area contributed by atoms with Crippen LogP contribution in [0.25, 0.3) is 0 Å². The fourth-order valence-electron chi connectivity index (χ4n) is 2.14. The quantitative estimate of drug-likeness (QED) is 0.465. The second-order valence-electron chi connectivity index (χ2n) is 5.33. The highest BCUT2D eigenvalue weighted by molar-refractivity contribution is 8.14. The molecule has 1 aromatic heterocycles. The number of hydrogen-bond acceptors (Lipinski definition) is 7. The monoisotopic (exact) mass is 369 g/mol. The van der Waals surface area contributed by atoms with Crippen molar-refractivity contribution in [2.75, 3.05) is 0 Å².